The van der Waals surface area contributed by atoms with Crippen molar-refractivity contribution in [2.24, 2.45) is 16.8 Å². The third-order valence-electron chi connectivity index (χ3n) is 5.69. The lowest BCUT2D eigenvalue weighted by atomic mass is 9.94. The monoisotopic (exact) mass is 546 g/mol. The number of aliphatic hydroxyl groups is 1. The zero-order valence-electron chi connectivity index (χ0n) is 19.2. The standard InChI is InChI=1S/C23H38N4O3.HI/c1-4-24-23(25-15-19(7-12-28)13-18(2)3)27-10-8-26(9-11-27)16-20-5-6-21-22(14-20)30-17-29-21;/h5-6,14,18-19,28H,4,7-13,15-17H2,1-3H3,(H,24,25);1H. The van der Waals surface area contributed by atoms with Gasteiger partial charge in [-0.15, -0.1) is 24.0 Å². The van der Waals surface area contributed by atoms with Crippen molar-refractivity contribution in [1.29, 1.82) is 0 Å². The van der Waals surface area contributed by atoms with Gasteiger partial charge in [-0.2, -0.15) is 0 Å². The second-order valence-electron chi connectivity index (χ2n) is 8.65. The van der Waals surface area contributed by atoms with Crippen LogP contribution in [-0.2, 0) is 6.54 Å². The zero-order valence-corrected chi connectivity index (χ0v) is 21.5. The number of nitrogens with zero attached hydrogens (tertiary/aromatic N) is 3. The summed E-state index contributed by atoms with van der Waals surface area (Å²) in [7, 11) is 0. The number of hydrogen-bond acceptors (Lipinski definition) is 5. The first-order chi connectivity index (χ1) is 14.6. The number of nitrogens with one attached hydrogen (secondary N) is 1. The lowest BCUT2D eigenvalue weighted by molar-refractivity contribution is 0.170. The van der Waals surface area contributed by atoms with Crippen LogP contribution in [0.1, 0.15) is 39.2 Å². The molecule has 1 saturated heterocycles. The summed E-state index contributed by atoms with van der Waals surface area (Å²) in [5.74, 6) is 3.76. The molecular weight excluding hydrogens is 507 g/mol. The Hall–Kier alpha value is -1.26. The molecule has 8 heteroatoms. The summed E-state index contributed by atoms with van der Waals surface area (Å²) in [4.78, 5) is 9.77. The van der Waals surface area contributed by atoms with E-state index in [1.165, 1.54) is 5.56 Å². The number of benzene rings is 1. The summed E-state index contributed by atoms with van der Waals surface area (Å²) in [5, 5.41) is 12.8. The molecule has 0 aliphatic carbocycles. The molecule has 2 N–H and O–H groups in total. The molecule has 1 atom stereocenters. The van der Waals surface area contributed by atoms with Gasteiger partial charge in [0, 0.05) is 52.4 Å². The Kier molecular flexibility index (Phi) is 11.2. The summed E-state index contributed by atoms with van der Waals surface area (Å²) in [5.41, 5.74) is 1.26. The van der Waals surface area contributed by atoms with Gasteiger partial charge in [-0.25, -0.2) is 0 Å². The van der Waals surface area contributed by atoms with Gasteiger partial charge in [-0.3, -0.25) is 9.89 Å². The first-order valence-electron chi connectivity index (χ1n) is 11.3. The van der Waals surface area contributed by atoms with Crippen LogP contribution in [0.25, 0.3) is 0 Å². The van der Waals surface area contributed by atoms with Gasteiger partial charge in [-0.1, -0.05) is 19.9 Å². The van der Waals surface area contributed by atoms with Gasteiger partial charge in [0.25, 0.3) is 0 Å². The molecule has 1 aromatic rings. The van der Waals surface area contributed by atoms with E-state index in [0.29, 0.717) is 18.6 Å². The van der Waals surface area contributed by atoms with Gasteiger partial charge < -0.3 is 24.8 Å². The predicted octanol–water partition coefficient (Wildman–Crippen LogP) is 3.16. The average molecular weight is 546 g/mol. The quantitative estimate of drug-likeness (QED) is 0.282. The molecule has 0 spiro atoms. The topological polar surface area (TPSA) is 69.6 Å². The van der Waals surface area contributed by atoms with Crippen molar-refractivity contribution in [2.75, 3.05) is 52.7 Å². The zero-order chi connectivity index (χ0) is 21.3. The molecule has 2 heterocycles. The maximum absolute atomic E-state index is 9.37. The molecule has 1 unspecified atom stereocenters. The number of ether oxygens (including phenoxy) is 2. The van der Waals surface area contributed by atoms with Crippen LogP contribution in [0.5, 0.6) is 11.5 Å². The molecule has 7 nitrogen and oxygen atoms in total. The fraction of sp³-hybridized carbons (Fsp3) is 0.696. The van der Waals surface area contributed by atoms with Crippen LogP contribution in [0.4, 0.5) is 0 Å². The molecule has 1 fully saturated rings. The number of fused-ring (bicyclic) bond motifs is 1. The number of halogens is 1. The van der Waals surface area contributed by atoms with Gasteiger partial charge in [0.15, 0.2) is 17.5 Å². The summed E-state index contributed by atoms with van der Waals surface area (Å²) >= 11 is 0. The summed E-state index contributed by atoms with van der Waals surface area (Å²) in [6.07, 6.45) is 1.93. The Morgan fingerprint density at radius 1 is 1.16 bits per heavy atom. The van der Waals surface area contributed by atoms with Gasteiger partial charge in [0.05, 0.1) is 0 Å². The molecule has 2 aliphatic rings. The fourth-order valence-electron chi connectivity index (χ4n) is 4.19. The van der Waals surface area contributed by atoms with Crippen LogP contribution in [0.3, 0.4) is 0 Å². The normalized spacial score (nSPS) is 17.6. The summed E-state index contributed by atoms with van der Waals surface area (Å²) in [6.45, 7) is 13.6. The van der Waals surface area contributed by atoms with E-state index in [2.05, 4.69) is 48.0 Å². The van der Waals surface area contributed by atoms with Crippen LogP contribution in [0, 0.1) is 11.8 Å². The van der Waals surface area contributed by atoms with Crippen LogP contribution in [0.2, 0.25) is 0 Å². The van der Waals surface area contributed by atoms with Crippen molar-refractivity contribution < 1.29 is 14.6 Å². The van der Waals surface area contributed by atoms with Crippen LogP contribution in [-0.4, -0.2) is 73.5 Å². The molecule has 0 aromatic heterocycles. The molecular formula is C23H39IN4O3. The Morgan fingerprint density at radius 2 is 1.90 bits per heavy atom. The van der Waals surface area contributed by atoms with Crippen LogP contribution in [0.15, 0.2) is 23.2 Å². The molecule has 3 rings (SSSR count). The molecule has 1 aromatic carbocycles. The van der Waals surface area contributed by atoms with Crippen LogP contribution >= 0.6 is 24.0 Å². The summed E-state index contributed by atoms with van der Waals surface area (Å²) in [6, 6.07) is 6.22. The average Bonchev–Trinajstić information content (AvgIpc) is 3.19. The lowest BCUT2D eigenvalue weighted by Crippen LogP contribution is -2.52. The SMILES string of the molecule is CCNC(=NCC(CCO)CC(C)C)N1CCN(Cc2ccc3c(c2)OCO3)CC1.I. The van der Waals surface area contributed by atoms with E-state index < -0.39 is 0 Å². The Bertz CT molecular complexity index is 693. The number of guanidine groups is 1. The minimum Gasteiger partial charge on any atom is -0.454 e. The second kappa shape index (κ2) is 13.3. The highest BCUT2D eigenvalue weighted by Gasteiger charge is 2.21. The Labute approximate surface area is 204 Å². The smallest absolute Gasteiger partial charge is 0.231 e. The highest BCUT2D eigenvalue weighted by molar-refractivity contribution is 14.0. The summed E-state index contributed by atoms with van der Waals surface area (Å²) < 4.78 is 10.9. The first-order valence-corrected chi connectivity index (χ1v) is 11.3. The van der Waals surface area contributed by atoms with Crippen molar-refractivity contribution in [1.82, 2.24) is 15.1 Å². The van der Waals surface area contributed by atoms with Crippen molar-refractivity contribution in [2.45, 2.75) is 40.2 Å². The van der Waals surface area contributed by atoms with E-state index in [0.717, 1.165) is 76.1 Å². The maximum atomic E-state index is 9.37. The van der Waals surface area contributed by atoms with Crippen molar-refractivity contribution >= 4 is 29.9 Å². The predicted molar refractivity (Wildman–Crippen MR) is 135 cm³/mol. The molecule has 0 saturated carbocycles. The van der Waals surface area contributed by atoms with Crippen molar-refractivity contribution in [3.63, 3.8) is 0 Å². The largest absolute Gasteiger partial charge is 0.454 e. The highest BCUT2D eigenvalue weighted by Crippen LogP contribution is 2.32. The molecule has 31 heavy (non-hydrogen) atoms. The molecule has 0 amide bonds. The van der Waals surface area contributed by atoms with Crippen LogP contribution < -0.4 is 14.8 Å². The number of hydrogen-bond donors (Lipinski definition) is 2. The Balaban J connectivity index is 0.00000341. The third kappa shape index (κ3) is 7.98. The van der Waals surface area contributed by atoms with E-state index in [9.17, 15) is 5.11 Å². The number of rotatable bonds is 9. The molecule has 176 valence electrons. The van der Waals surface area contributed by atoms with E-state index in [1.807, 2.05) is 6.07 Å². The number of piperazine rings is 1. The number of aliphatic hydroxyl groups excluding tert-OH is 1. The lowest BCUT2D eigenvalue weighted by Gasteiger charge is -2.36. The third-order valence-corrected chi connectivity index (χ3v) is 5.69. The van der Waals surface area contributed by atoms with Crippen molar-refractivity contribution in [3.8, 4) is 11.5 Å². The van der Waals surface area contributed by atoms with Gasteiger partial charge in [0.1, 0.15) is 0 Å². The van der Waals surface area contributed by atoms with Gasteiger partial charge >= 0.3 is 0 Å². The maximum Gasteiger partial charge on any atom is 0.231 e. The second-order valence-corrected chi connectivity index (χ2v) is 8.65. The molecule has 2 aliphatic heterocycles. The van der Waals surface area contributed by atoms with Crippen molar-refractivity contribution in [3.05, 3.63) is 23.8 Å². The number of aliphatic imine (C=N–C) groups is 1. The molecule has 0 bridgehead atoms. The van der Waals surface area contributed by atoms with Gasteiger partial charge in [-0.05, 0) is 49.3 Å². The first kappa shape index (κ1) is 26.0. The molecule has 0 radical (unpaired) electrons. The fourth-order valence-corrected chi connectivity index (χ4v) is 4.19. The van der Waals surface area contributed by atoms with E-state index >= 15 is 0 Å². The minimum atomic E-state index is 0. The highest BCUT2D eigenvalue weighted by atomic mass is 127. The van der Waals surface area contributed by atoms with E-state index in [4.69, 9.17) is 14.5 Å². The van der Waals surface area contributed by atoms with Gasteiger partial charge in [0.2, 0.25) is 6.79 Å². The Morgan fingerprint density at radius 3 is 2.58 bits per heavy atom. The van der Waals surface area contributed by atoms with E-state index in [1.54, 1.807) is 0 Å². The van der Waals surface area contributed by atoms with E-state index in [-0.39, 0.29) is 30.6 Å². The minimum absolute atomic E-state index is 0.